The van der Waals surface area contributed by atoms with Crippen molar-refractivity contribution < 1.29 is 9.59 Å². The van der Waals surface area contributed by atoms with Crippen molar-refractivity contribution in [3.05, 3.63) is 41.2 Å². The zero-order valence-corrected chi connectivity index (χ0v) is 12.5. The first-order chi connectivity index (χ1) is 10.0. The van der Waals surface area contributed by atoms with E-state index in [1.165, 1.54) is 0 Å². The highest BCUT2D eigenvalue weighted by Crippen LogP contribution is 2.18. The number of aryl methyl sites for hydroxylation is 1. The molecule has 6 nitrogen and oxygen atoms in total. The molecule has 0 saturated carbocycles. The molecule has 0 aliphatic carbocycles. The summed E-state index contributed by atoms with van der Waals surface area (Å²) in [7, 11) is 1.78. The van der Waals surface area contributed by atoms with Crippen LogP contribution in [0.3, 0.4) is 0 Å². The molecule has 0 radical (unpaired) electrons. The van der Waals surface area contributed by atoms with Gasteiger partial charge in [0.05, 0.1) is 6.42 Å². The Balaban J connectivity index is 2.32. The third-order valence-corrected chi connectivity index (χ3v) is 3.43. The summed E-state index contributed by atoms with van der Waals surface area (Å²) in [6.45, 7) is 3.64. The van der Waals surface area contributed by atoms with Crippen LogP contribution < -0.4 is 0 Å². The number of aromatic nitrogens is 4. The monoisotopic (exact) mass is 286 g/mol. The molecule has 0 bridgehead atoms. The van der Waals surface area contributed by atoms with E-state index >= 15 is 0 Å². The van der Waals surface area contributed by atoms with Crippen LogP contribution in [0.25, 0.3) is 0 Å². The number of carbonyl (C=O) groups is 2. The quantitative estimate of drug-likeness (QED) is 0.596. The van der Waals surface area contributed by atoms with Gasteiger partial charge < -0.3 is 0 Å². The molecule has 0 saturated heterocycles. The Morgan fingerprint density at radius 1 is 1.24 bits per heavy atom. The Kier molecular flexibility index (Phi) is 4.57. The maximum Gasteiger partial charge on any atom is 0.190 e. The van der Waals surface area contributed by atoms with Gasteiger partial charge in [-0.3, -0.25) is 14.3 Å². The Labute approximate surface area is 123 Å². The first-order valence-corrected chi connectivity index (χ1v) is 6.86. The molecule has 0 unspecified atom stereocenters. The smallest absolute Gasteiger partial charge is 0.190 e. The van der Waals surface area contributed by atoms with E-state index in [1.807, 2.05) is 6.92 Å². The Bertz CT molecular complexity index is 662. The fourth-order valence-corrected chi connectivity index (χ4v) is 2.05. The van der Waals surface area contributed by atoms with Crippen molar-refractivity contribution in [3.8, 4) is 0 Å². The van der Waals surface area contributed by atoms with Gasteiger partial charge in [0.25, 0.3) is 0 Å². The summed E-state index contributed by atoms with van der Waals surface area (Å²) in [5.41, 5.74) is 2.02. The lowest BCUT2D eigenvalue weighted by atomic mass is 10.0. The van der Waals surface area contributed by atoms with Crippen molar-refractivity contribution in [2.24, 2.45) is 7.05 Å². The topological polar surface area (TPSA) is 77.7 Å². The Hall–Kier alpha value is -2.37. The predicted molar refractivity (Wildman–Crippen MR) is 77.0 cm³/mol. The molecule has 2 rings (SSSR count). The molecule has 0 amide bonds. The number of rotatable bonds is 6. The average Bonchev–Trinajstić information content (AvgIpc) is 2.76. The number of ketones is 2. The van der Waals surface area contributed by atoms with E-state index in [1.54, 1.807) is 37.1 Å². The third kappa shape index (κ3) is 3.39. The van der Waals surface area contributed by atoms with Crippen LogP contribution in [0, 0.1) is 6.92 Å². The van der Waals surface area contributed by atoms with Gasteiger partial charge in [-0.05, 0) is 13.0 Å². The zero-order chi connectivity index (χ0) is 15.4. The van der Waals surface area contributed by atoms with Crippen LogP contribution in [-0.4, -0.2) is 31.3 Å². The van der Waals surface area contributed by atoms with Gasteiger partial charge in [0, 0.05) is 43.5 Å². The average molecular weight is 286 g/mol. The highest BCUT2D eigenvalue weighted by atomic mass is 16.1. The fraction of sp³-hybridized carbons (Fsp3) is 0.400. The van der Waals surface area contributed by atoms with E-state index in [4.69, 9.17) is 0 Å². The molecule has 0 spiro atoms. The lowest BCUT2D eigenvalue weighted by molar-refractivity contribution is -0.117. The first kappa shape index (κ1) is 15.0. The highest BCUT2D eigenvalue weighted by molar-refractivity contribution is 6.07. The van der Waals surface area contributed by atoms with Gasteiger partial charge in [0.1, 0.15) is 17.3 Å². The number of hydrogen-bond donors (Lipinski definition) is 0. The predicted octanol–water partition coefficient (Wildman–Crippen LogP) is 1.66. The van der Waals surface area contributed by atoms with Crippen LogP contribution in [0.5, 0.6) is 0 Å². The summed E-state index contributed by atoms with van der Waals surface area (Å²) in [5, 5.41) is 4.25. The van der Waals surface area contributed by atoms with Crippen LogP contribution in [0.1, 0.15) is 47.3 Å². The lowest BCUT2D eigenvalue weighted by Crippen LogP contribution is -2.10. The number of Topliss-reactive ketones (excluding diaryl/α,β-unsaturated/α-hetero) is 2. The van der Waals surface area contributed by atoms with E-state index in [0.717, 1.165) is 11.3 Å². The summed E-state index contributed by atoms with van der Waals surface area (Å²) in [6, 6.07) is 1.74. The van der Waals surface area contributed by atoms with Gasteiger partial charge in [-0.15, -0.1) is 0 Å². The maximum atomic E-state index is 12.3. The van der Waals surface area contributed by atoms with Gasteiger partial charge in [-0.1, -0.05) is 6.92 Å². The van der Waals surface area contributed by atoms with Crippen LogP contribution in [-0.2, 0) is 18.3 Å². The van der Waals surface area contributed by atoms with E-state index in [-0.39, 0.29) is 18.0 Å². The second-order valence-electron chi connectivity index (χ2n) is 4.87. The Morgan fingerprint density at radius 3 is 2.52 bits per heavy atom. The molecule has 0 aliphatic rings. The largest absolute Gasteiger partial charge is 0.299 e. The van der Waals surface area contributed by atoms with E-state index in [2.05, 4.69) is 15.1 Å². The molecule has 21 heavy (non-hydrogen) atoms. The molecule has 0 atom stereocenters. The maximum absolute atomic E-state index is 12.3. The van der Waals surface area contributed by atoms with E-state index < -0.39 is 0 Å². The van der Waals surface area contributed by atoms with Gasteiger partial charge in [-0.25, -0.2) is 9.97 Å². The summed E-state index contributed by atoms with van der Waals surface area (Å²) in [4.78, 5) is 32.1. The number of hydrogen-bond acceptors (Lipinski definition) is 5. The minimum atomic E-state index is -0.239. The van der Waals surface area contributed by atoms with Crippen LogP contribution >= 0.6 is 0 Å². The van der Waals surface area contributed by atoms with Crippen molar-refractivity contribution in [1.82, 2.24) is 19.7 Å². The minimum Gasteiger partial charge on any atom is -0.299 e. The molecule has 2 aromatic heterocycles. The van der Waals surface area contributed by atoms with Crippen molar-refractivity contribution in [2.75, 3.05) is 0 Å². The molecule has 0 aromatic carbocycles. The van der Waals surface area contributed by atoms with Crippen LogP contribution in [0.4, 0.5) is 0 Å². The van der Waals surface area contributed by atoms with Gasteiger partial charge in [0.15, 0.2) is 5.78 Å². The van der Waals surface area contributed by atoms with Crippen molar-refractivity contribution >= 4 is 11.6 Å². The molecular formula is C15H18N4O2. The second kappa shape index (κ2) is 6.39. The normalized spacial score (nSPS) is 10.6. The van der Waals surface area contributed by atoms with Crippen molar-refractivity contribution in [3.63, 3.8) is 0 Å². The summed E-state index contributed by atoms with van der Waals surface area (Å²) < 4.78 is 1.65. The summed E-state index contributed by atoms with van der Waals surface area (Å²) in [5.74, 6) is 0.311. The fourth-order valence-electron chi connectivity index (χ4n) is 2.05. The molecule has 6 heteroatoms. The van der Waals surface area contributed by atoms with Crippen LogP contribution in [0.2, 0.25) is 0 Å². The van der Waals surface area contributed by atoms with Crippen LogP contribution in [0.15, 0.2) is 18.5 Å². The van der Waals surface area contributed by atoms with Gasteiger partial charge in [0.2, 0.25) is 0 Å². The first-order valence-electron chi connectivity index (χ1n) is 6.86. The van der Waals surface area contributed by atoms with E-state index in [0.29, 0.717) is 24.4 Å². The third-order valence-electron chi connectivity index (χ3n) is 3.43. The van der Waals surface area contributed by atoms with Crippen molar-refractivity contribution in [1.29, 1.82) is 0 Å². The Morgan fingerprint density at radius 2 is 1.90 bits per heavy atom. The lowest BCUT2D eigenvalue weighted by Gasteiger charge is -2.02. The molecule has 0 fully saturated rings. The SMILES string of the molecule is CCC(=O)CC(=O)c1nn(C)c(C)c1Cc1ncccn1. The summed E-state index contributed by atoms with van der Waals surface area (Å²) in [6.07, 6.45) is 4.01. The second-order valence-corrected chi connectivity index (χ2v) is 4.87. The summed E-state index contributed by atoms with van der Waals surface area (Å²) >= 11 is 0. The molecule has 0 N–H and O–H groups in total. The molecular weight excluding hydrogens is 268 g/mol. The highest BCUT2D eigenvalue weighted by Gasteiger charge is 2.21. The molecule has 2 heterocycles. The number of carbonyl (C=O) groups excluding carboxylic acids is 2. The number of nitrogens with zero attached hydrogens (tertiary/aromatic N) is 4. The van der Waals surface area contributed by atoms with Crippen molar-refractivity contribution in [2.45, 2.75) is 33.1 Å². The molecule has 110 valence electrons. The molecule has 2 aromatic rings. The van der Waals surface area contributed by atoms with Gasteiger partial charge in [-0.2, -0.15) is 5.10 Å². The zero-order valence-electron chi connectivity index (χ0n) is 12.5. The standard InChI is InChI=1S/C15H18N4O2/c1-4-11(20)8-13(21)15-12(10(2)19(3)18-15)9-14-16-6-5-7-17-14/h5-7H,4,8-9H2,1-3H3. The molecule has 0 aliphatic heterocycles. The van der Waals surface area contributed by atoms with Gasteiger partial charge >= 0.3 is 0 Å². The van der Waals surface area contributed by atoms with E-state index in [9.17, 15) is 9.59 Å². The minimum absolute atomic E-state index is 0.0785.